The summed E-state index contributed by atoms with van der Waals surface area (Å²) in [5.74, 6) is 0.885. The van der Waals surface area contributed by atoms with E-state index in [0.717, 1.165) is 35.9 Å². The number of hydrogen-bond donors (Lipinski definition) is 2. The monoisotopic (exact) mass is 432 g/mol. The van der Waals surface area contributed by atoms with Crippen molar-refractivity contribution in [2.75, 3.05) is 49.6 Å². The molecule has 5 rings (SSSR count). The van der Waals surface area contributed by atoms with Crippen LogP contribution in [0.5, 0.6) is 0 Å². The minimum absolute atomic E-state index is 0.158. The van der Waals surface area contributed by atoms with Crippen molar-refractivity contribution in [3.05, 3.63) is 53.6 Å². The Balaban J connectivity index is 1.40. The minimum atomic E-state index is -0.267. The lowest BCUT2D eigenvalue weighted by Gasteiger charge is -2.31. The first-order chi connectivity index (χ1) is 15.6. The Morgan fingerprint density at radius 3 is 2.53 bits per heavy atom. The number of nitrogens with one attached hydrogen (secondary N) is 2. The number of anilines is 2. The van der Waals surface area contributed by atoms with E-state index in [2.05, 4.69) is 32.7 Å². The van der Waals surface area contributed by atoms with E-state index in [0.29, 0.717) is 43.5 Å². The zero-order valence-corrected chi connectivity index (χ0v) is 17.8. The molecule has 0 aliphatic carbocycles. The third-order valence-electron chi connectivity index (χ3n) is 5.61. The summed E-state index contributed by atoms with van der Waals surface area (Å²) in [5.41, 5.74) is 3.97. The molecule has 32 heavy (non-hydrogen) atoms. The first-order valence-electron chi connectivity index (χ1n) is 10.7. The smallest absolute Gasteiger partial charge is 0.257 e. The molecule has 9 heteroatoms. The van der Waals surface area contributed by atoms with Crippen LogP contribution in [0.1, 0.15) is 22.8 Å². The van der Waals surface area contributed by atoms with Crippen molar-refractivity contribution in [3.63, 3.8) is 0 Å². The number of amidine groups is 1. The molecule has 164 valence electrons. The Morgan fingerprint density at radius 1 is 1.00 bits per heavy atom. The van der Waals surface area contributed by atoms with Crippen molar-refractivity contribution in [2.45, 2.75) is 6.92 Å². The summed E-state index contributed by atoms with van der Waals surface area (Å²) in [7, 11) is 0. The Kier molecular flexibility index (Phi) is 5.32. The van der Waals surface area contributed by atoms with E-state index in [-0.39, 0.29) is 11.8 Å². The highest BCUT2D eigenvalue weighted by atomic mass is 16.5. The van der Waals surface area contributed by atoms with Gasteiger partial charge in [-0.25, -0.2) is 4.99 Å². The molecular weight excluding hydrogens is 408 g/mol. The number of fused-ring (bicyclic) bond motifs is 3. The van der Waals surface area contributed by atoms with Crippen LogP contribution in [0.25, 0.3) is 0 Å². The van der Waals surface area contributed by atoms with E-state index < -0.39 is 0 Å². The summed E-state index contributed by atoms with van der Waals surface area (Å²) in [5, 5.41) is 5.64. The summed E-state index contributed by atoms with van der Waals surface area (Å²) in [4.78, 5) is 37.7. The molecule has 2 aromatic rings. The number of carbonyl (C=O) groups is 2. The van der Waals surface area contributed by atoms with Gasteiger partial charge in [-0.1, -0.05) is 0 Å². The summed E-state index contributed by atoms with van der Waals surface area (Å²) in [6, 6.07) is 12.9. The summed E-state index contributed by atoms with van der Waals surface area (Å²) in [6.07, 6.45) is 0. The van der Waals surface area contributed by atoms with Crippen LogP contribution in [0, 0.1) is 0 Å². The van der Waals surface area contributed by atoms with Gasteiger partial charge >= 0.3 is 0 Å². The number of morpholine rings is 1. The van der Waals surface area contributed by atoms with Gasteiger partial charge in [0.2, 0.25) is 11.9 Å². The molecule has 9 nitrogen and oxygen atoms in total. The molecule has 0 saturated carbocycles. The second kappa shape index (κ2) is 8.43. The average molecular weight is 432 g/mol. The van der Waals surface area contributed by atoms with Crippen molar-refractivity contribution in [2.24, 2.45) is 9.98 Å². The molecule has 0 unspecified atom stereocenters. The zero-order valence-electron chi connectivity index (χ0n) is 17.8. The number of amides is 2. The topological polar surface area (TPSA) is 98.6 Å². The van der Waals surface area contributed by atoms with Gasteiger partial charge in [0.05, 0.1) is 25.4 Å². The lowest BCUT2D eigenvalue weighted by atomic mass is 10.1. The third kappa shape index (κ3) is 3.94. The Labute approximate surface area is 185 Å². The average Bonchev–Trinajstić information content (AvgIpc) is 3.30. The molecule has 2 N–H and O–H groups in total. The van der Waals surface area contributed by atoms with E-state index in [1.54, 1.807) is 24.3 Å². The van der Waals surface area contributed by atoms with Gasteiger partial charge in [-0.05, 0) is 42.5 Å². The Morgan fingerprint density at radius 2 is 1.78 bits per heavy atom. The molecule has 3 heterocycles. The maximum absolute atomic E-state index is 12.9. The lowest BCUT2D eigenvalue weighted by molar-refractivity contribution is -0.114. The molecule has 2 amide bonds. The predicted molar refractivity (Wildman–Crippen MR) is 123 cm³/mol. The summed E-state index contributed by atoms with van der Waals surface area (Å²) in [6.45, 7) is 5.87. The van der Waals surface area contributed by atoms with Crippen LogP contribution in [0.3, 0.4) is 0 Å². The van der Waals surface area contributed by atoms with Crippen molar-refractivity contribution >= 4 is 40.7 Å². The standard InChI is InChI=1S/C23H24N6O3/c1-15(30)25-17-4-2-16(3-5-17)22(31)27-23-26-20-14-18(28-10-12-32-13-11-28)6-7-19(20)21-24-8-9-29(21)23/h2-7,14H,8-13H2,1H3,(H,25,30)(H,26,27,31). The van der Waals surface area contributed by atoms with Crippen LogP contribution in [0.15, 0.2) is 52.4 Å². The van der Waals surface area contributed by atoms with Gasteiger partial charge in [0.25, 0.3) is 5.91 Å². The molecule has 0 bridgehead atoms. The van der Waals surface area contributed by atoms with Gasteiger partial charge < -0.3 is 15.0 Å². The maximum Gasteiger partial charge on any atom is 0.257 e. The van der Waals surface area contributed by atoms with E-state index in [9.17, 15) is 9.59 Å². The zero-order chi connectivity index (χ0) is 22.1. The van der Waals surface area contributed by atoms with Gasteiger partial charge in [0, 0.05) is 49.1 Å². The number of carbonyl (C=O) groups excluding carboxylic acids is 2. The number of guanidine groups is 1. The maximum atomic E-state index is 12.9. The fourth-order valence-electron chi connectivity index (χ4n) is 4.06. The summed E-state index contributed by atoms with van der Waals surface area (Å²) >= 11 is 0. The number of ether oxygens (including phenoxy) is 1. The second-order valence-electron chi connectivity index (χ2n) is 7.81. The number of rotatable bonds is 3. The van der Waals surface area contributed by atoms with Gasteiger partial charge in [0.15, 0.2) is 0 Å². The largest absolute Gasteiger partial charge is 0.378 e. The normalized spacial score (nSPS) is 17.2. The third-order valence-corrected chi connectivity index (χ3v) is 5.61. The van der Waals surface area contributed by atoms with Crippen LogP contribution >= 0.6 is 0 Å². The second-order valence-corrected chi connectivity index (χ2v) is 7.81. The first-order valence-corrected chi connectivity index (χ1v) is 10.7. The molecule has 0 radical (unpaired) electrons. The van der Waals surface area contributed by atoms with Crippen LogP contribution in [0.4, 0.5) is 17.1 Å². The van der Waals surface area contributed by atoms with Crippen molar-refractivity contribution in [1.29, 1.82) is 0 Å². The summed E-state index contributed by atoms with van der Waals surface area (Å²) < 4.78 is 5.46. The molecule has 1 fully saturated rings. The van der Waals surface area contributed by atoms with Crippen LogP contribution in [-0.2, 0) is 9.53 Å². The molecule has 0 spiro atoms. The van der Waals surface area contributed by atoms with Gasteiger partial charge in [-0.3, -0.25) is 24.8 Å². The predicted octanol–water partition coefficient (Wildman–Crippen LogP) is 1.97. The Bertz CT molecular complexity index is 1120. The van der Waals surface area contributed by atoms with Crippen molar-refractivity contribution < 1.29 is 14.3 Å². The highest BCUT2D eigenvalue weighted by Gasteiger charge is 2.31. The fourth-order valence-corrected chi connectivity index (χ4v) is 4.06. The molecule has 2 aromatic carbocycles. The number of hydrogen-bond acceptors (Lipinski definition) is 7. The minimum Gasteiger partial charge on any atom is -0.378 e. The van der Waals surface area contributed by atoms with E-state index in [4.69, 9.17) is 9.73 Å². The molecular formula is C23H24N6O3. The van der Waals surface area contributed by atoms with Gasteiger partial charge in [0.1, 0.15) is 5.84 Å². The highest BCUT2D eigenvalue weighted by molar-refractivity contribution is 6.19. The Hall–Kier alpha value is -3.72. The van der Waals surface area contributed by atoms with Gasteiger partial charge in [-0.2, -0.15) is 0 Å². The van der Waals surface area contributed by atoms with Crippen LogP contribution in [-0.4, -0.2) is 67.9 Å². The SMILES string of the molecule is CC(=O)Nc1ccc(C(=O)NC2=Nc3cc(N4CCOCC4)ccc3C3=NCCN23)cc1. The first kappa shape index (κ1) is 20.2. The van der Waals surface area contributed by atoms with Gasteiger partial charge in [-0.15, -0.1) is 0 Å². The number of benzene rings is 2. The highest BCUT2D eigenvalue weighted by Crippen LogP contribution is 2.32. The molecule has 0 atom stereocenters. The molecule has 0 aromatic heterocycles. The van der Waals surface area contributed by atoms with Crippen LogP contribution in [0.2, 0.25) is 0 Å². The molecule has 3 aliphatic rings. The number of aliphatic imine (C=N–C) groups is 2. The van der Waals surface area contributed by atoms with Crippen molar-refractivity contribution in [1.82, 2.24) is 10.2 Å². The van der Waals surface area contributed by atoms with E-state index in [1.165, 1.54) is 6.92 Å². The molecule has 1 saturated heterocycles. The number of nitrogens with zero attached hydrogens (tertiary/aromatic N) is 4. The van der Waals surface area contributed by atoms with E-state index >= 15 is 0 Å². The lowest BCUT2D eigenvalue weighted by Crippen LogP contribution is -2.47. The van der Waals surface area contributed by atoms with Crippen LogP contribution < -0.4 is 15.5 Å². The quantitative estimate of drug-likeness (QED) is 0.773. The van der Waals surface area contributed by atoms with E-state index in [1.807, 2.05) is 11.0 Å². The fraction of sp³-hybridized carbons (Fsp3) is 0.304. The molecule has 3 aliphatic heterocycles. The van der Waals surface area contributed by atoms with Crippen molar-refractivity contribution in [3.8, 4) is 0 Å².